The Balaban J connectivity index is 1.12. The van der Waals surface area contributed by atoms with Gasteiger partial charge in [0.25, 0.3) is 0 Å². The maximum atomic E-state index is 12.4. The third-order valence-corrected chi connectivity index (χ3v) is 7.51. The van der Waals surface area contributed by atoms with E-state index >= 15 is 0 Å². The SMILES string of the molecule is CN(C)C/C=C/C(=O)N1CCC(CN2CC[C@@H](Nc3ncc(Cl)c(-c4c[nH]c5ncccc45)n3)C2)CC1. The first-order chi connectivity index (χ1) is 18.0. The van der Waals surface area contributed by atoms with Gasteiger partial charge in [-0.25, -0.2) is 15.0 Å². The van der Waals surface area contributed by atoms with Crippen molar-refractivity contribution in [2.75, 3.05) is 58.7 Å². The summed E-state index contributed by atoms with van der Waals surface area (Å²) < 4.78 is 0. The highest BCUT2D eigenvalue weighted by molar-refractivity contribution is 6.33. The van der Waals surface area contributed by atoms with Gasteiger partial charge in [-0.1, -0.05) is 17.7 Å². The molecular weight excluding hydrogens is 488 g/mol. The average molecular weight is 523 g/mol. The predicted molar refractivity (Wildman–Crippen MR) is 148 cm³/mol. The molecule has 0 saturated carbocycles. The van der Waals surface area contributed by atoms with Crippen LogP contribution in [0.25, 0.3) is 22.3 Å². The van der Waals surface area contributed by atoms with E-state index in [0.29, 0.717) is 28.6 Å². The van der Waals surface area contributed by atoms with Crippen molar-refractivity contribution in [1.29, 1.82) is 0 Å². The second kappa shape index (κ2) is 11.6. The molecule has 3 aromatic rings. The van der Waals surface area contributed by atoms with Gasteiger partial charge in [0.1, 0.15) is 5.65 Å². The zero-order valence-electron chi connectivity index (χ0n) is 21.5. The normalized spacial score (nSPS) is 19.5. The highest BCUT2D eigenvalue weighted by Crippen LogP contribution is 2.32. The van der Waals surface area contributed by atoms with Crippen LogP contribution in [-0.4, -0.2) is 99.9 Å². The Morgan fingerprint density at radius 3 is 2.89 bits per heavy atom. The molecule has 0 aliphatic carbocycles. The number of piperidine rings is 1. The Labute approximate surface area is 222 Å². The van der Waals surface area contributed by atoms with Crippen molar-refractivity contribution in [1.82, 2.24) is 34.6 Å². The summed E-state index contributed by atoms with van der Waals surface area (Å²) in [5.41, 5.74) is 2.43. The molecule has 9 nitrogen and oxygen atoms in total. The maximum Gasteiger partial charge on any atom is 0.246 e. The molecule has 196 valence electrons. The zero-order valence-corrected chi connectivity index (χ0v) is 22.3. The van der Waals surface area contributed by atoms with E-state index in [1.165, 1.54) is 0 Å². The van der Waals surface area contributed by atoms with E-state index < -0.39 is 0 Å². The number of fused-ring (bicyclic) bond motifs is 1. The fourth-order valence-corrected chi connectivity index (χ4v) is 5.44. The summed E-state index contributed by atoms with van der Waals surface area (Å²) >= 11 is 6.48. The molecular formula is C27H35ClN8O. The molecule has 0 aromatic carbocycles. The monoisotopic (exact) mass is 522 g/mol. The van der Waals surface area contributed by atoms with E-state index in [9.17, 15) is 4.79 Å². The number of aromatic nitrogens is 4. The summed E-state index contributed by atoms with van der Waals surface area (Å²) in [5.74, 6) is 1.36. The molecule has 5 rings (SSSR count). The van der Waals surface area contributed by atoms with Crippen molar-refractivity contribution in [3.05, 3.63) is 47.9 Å². The molecule has 3 aromatic heterocycles. The molecule has 2 fully saturated rings. The summed E-state index contributed by atoms with van der Waals surface area (Å²) in [6, 6.07) is 4.21. The number of carbonyl (C=O) groups is 1. The topological polar surface area (TPSA) is 93.3 Å². The second-order valence-electron chi connectivity index (χ2n) is 10.3. The number of rotatable bonds is 8. The largest absolute Gasteiger partial charge is 0.350 e. The summed E-state index contributed by atoms with van der Waals surface area (Å²) in [5, 5.41) is 5.02. The number of hydrogen-bond acceptors (Lipinski definition) is 7. The van der Waals surface area contributed by atoms with Crippen LogP contribution in [0.15, 0.2) is 42.9 Å². The lowest BCUT2D eigenvalue weighted by Crippen LogP contribution is -2.41. The lowest BCUT2D eigenvalue weighted by Gasteiger charge is -2.33. The van der Waals surface area contributed by atoms with E-state index in [4.69, 9.17) is 16.6 Å². The lowest BCUT2D eigenvalue weighted by molar-refractivity contribution is -0.127. The maximum absolute atomic E-state index is 12.4. The van der Waals surface area contributed by atoms with Gasteiger partial charge in [-0.3, -0.25) is 4.79 Å². The molecule has 0 unspecified atom stereocenters. The van der Waals surface area contributed by atoms with E-state index in [2.05, 4.69) is 25.2 Å². The van der Waals surface area contributed by atoms with Crippen LogP contribution in [0.3, 0.4) is 0 Å². The summed E-state index contributed by atoms with van der Waals surface area (Å²) in [6.45, 7) is 5.57. The third-order valence-electron chi connectivity index (χ3n) is 7.23. The Hall–Kier alpha value is -3.01. The molecule has 2 N–H and O–H groups in total. The summed E-state index contributed by atoms with van der Waals surface area (Å²) in [7, 11) is 4.00. The fourth-order valence-electron chi connectivity index (χ4n) is 5.25. The molecule has 37 heavy (non-hydrogen) atoms. The number of aromatic amines is 1. The van der Waals surface area contributed by atoms with Crippen molar-refractivity contribution in [2.24, 2.45) is 5.92 Å². The van der Waals surface area contributed by atoms with Gasteiger partial charge in [0.15, 0.2) is 0 Å². The first-order valence-corrected chi connectivity index (χ1v) is 13.4. The molecule has 10 heteroatoms. The van der Waals surface area contributed by atoms with Crippen LogP contribution in [0.4, 0.5) is 5.95 Å². The van der Waals surface area contributed by atoms with Crippen LogP contribution < -0.4 is 5.32 Å². The standard InChI is InChI=1S/C27H35ClN8O/c1-34(2)11-4-6-24(37)36-13-7-19(8-14-36)17-35-12-9-20(18-35)32-27-31-16-23(28)25(33-27)22-15-30-26-21(22)5-3-10-29-26/h3-6,10,15-16,19-20H,7-9,11-14,17-18H2,1-2H3,(H,29,30)(H,31,32,33)/b6-4+/t20-/m1/s1. The van der Waals surface area contributed by atoms with Crippen LogP contribution in [0.1, 0.15) is 19.3 Å². The smallest absolute Gasteiger partial charge is 0.246 e. The highest BCUT2D eigenvalue weighted by atomic mass is 35.5. The number of likely N-dealkylation sites (tertiary alicyclic amines) is 2. The Morgan fingerprint density at radius 2 is 2.08 bits per heavy atom. The van der Waals surface area contributed by atoms with E-state index in [1.54, 1.807) is 18.5 Å². The summed E-state index contributed by atoms with van der Waals surface area (Å²) in [4.78, 5) is 35.7. The predicted octanol–water partition coefficient (Wildman–Crippen LogP) is 3.52. The van der Waals surface area contributed by atoms with Crippen molar-refractivity contribution < 1.29 is 4.79 Å². The van der Waals surface area contributed by atoms with Gasteiger partial charge in [0.2, 0.25) is 11.9 Å². The van der Waals surface area contributed by atoms with E-state index in [1.807, 2.05) is 48.3 Å². The summed E-state index contributed by atoms with van der Waals surface area (Å²) in [6.07, 6.45) is 12.2. The second-order valence-corrected chi connectivity index (χ2v) is 10.7. The fraction of sp³-hybridized carbons (Fsp3) is 0.481. The number of hydrogen-bond donors (Lipinski definition) is 2. The highest BCUT2D eigenvalue weighted by Gasteiger charge is 2.28. The molecule has 0 bridgehead atoms. The van der Waals surface area contributed by atoms with Gasteiger partial charge in [-0.2, -0.15) is 0 Å². The minimum absolute atomic E-state index is 0.136. The number of nitrogens with one attached hydrogen (secondary N) is 2. The number of halogens is 1. The molecule has 5 heterocycles. The van der Waals surface area contributed by atoms with Gasteiger partial charge < -0.3 is 25.0 Å². The number of likely N-dealkylation sites (N-methyl/N-ethyl adjacent to an activating group) is 1. The van der Waals surface area contributed by atoms with Gasteiger partial charge in [-0.05, 0) is 51.4 Å². The Kier molecular flexibility index (Phi) is 8.02. The van der Waals surface area contributed by atoms with Crippen LogP contribution in [0.2, 0.25) is 5.02 Å². The number of pyridine rings is 1. The number of carbonyl (C=O) groups excluding carboxylic acids is 1. The van der Waals surface area contributed by atoms with Crippen LogP contribution >= 0.6 is 11.6 Å². The Bertz CT molecular complexity index is 1250. The first kappa shape index (κ1) is 25.6. The van der Waals surface area contributed by atoms with Gasteiger partial charge in [-0.15, -0.1) is 0 Å². The van der Waals surface area contributed by atoms with Crippen molar-refractivity contribution in [3.8, 4) is 11.3 Å². The molecule has 2 aliphatic rings. The van der Waals surface area contributed by atoms with Gasteiger partial charge in [0, 0.05) is 74.7 Å². The third kappa shape index (κ3) is 6.29. The molecule has 1 atom stereocenters. The van der Waals surface area contributed by atoms with E-state index in [-0.39, 0.29) is 5.91 Å². The minimum Gasteiger partial charge on any atom is -0.350 e. The van der Waals surface area contributed by atoms with Crippen molar-refractivity contribution in [2.45, 2.75) is 25.3 Å². The van der Waals surface area contributed by atoms with Gasteiger partial charge in [0.05, 0.1) is 16.9 Å². The van der Waals surface area contributed by atoms with Crippen molar-refractivity contribution in [3.63, 3.8) is 0 Å². The quantitative estimate of drug-likeness (QED) is 0.437. The van der Waals surface area contributed by atoms with Gasteiger partial charge >= 0.3 is 0 Å². The molecule has 0 radical (unpaired) electrons. The van der Waals surface area contributed by atoms with Crippen LogP contribution in [0.5, 0.6) is 0 Å². The number of anilines is 1. The minimum atomic E-state index is 0.136. The zero-order chi connectivity index (χ0) is 25.8. The van der Waals surface area contributed by atoms with Crippen molar-refractivity contribution >= 4 is 34.5 Å². The van der Waals surface area contributed by atoms with Crippen LogP contribution in [-0.2, 0) is 4.79 Å². The average Bonchev–Trinajstić information content (AvgIpc) is 3.52. The number of H-pyrrole nitrogens is 1. The van der Waals surface area contributed by atoms with E-state index in [0.717, 1.165) is 75.1 Å². The van der Waals surface area contributed by atoms with Crippen LogP contribution in [0, 0.1) is 5.92 Å². The molecule has 0 spiro atoms. The molecule has 2 aliphatic heterocycles. The first-order valence-electron chi connectivity index (χ1n) is 13.0. The number of nitrogens with zero attached hydrogens (tertiary/aromatic N) is 6. The molecule has 2 saturated heterocycles. The molecule has 1 amide bonds. The Morgan fingerprint density at radius 1 is 1.24 bits per heavy atom. The number of amides is 1. The lowest BCUT2D eigenvalue weighted by atomic mass is 9.96.